The van der Waals surface area contributed by atoms with Crippen molar-refractivity contribution < 1.29 is 18.7 Å². The van der Waals surface area contributed by atoms with Crippen LogP contribution in [0.1, 0.15) is 48.9 Å². The van der Waals surface area contributed by atoms with E-state index in [1.165, 1.54) is 12.1 Å². The van der Waals surface area contributed by atoms with Gasteiger partial charge in [-0.15, -0.1) is 0 Å². The molecule has 2 heterocycles. The molecule has 4 aliphatic carbocycles. The number of benzene rings is 1. The van der Waals surface area contributed by atoms with E-state index in [9.17, 15) is 14.0 Å². The van der Waals surface area contributed by atoms with Gasteiger partial charge in [0.1, 0.15) is 18.0 Å². The highest BCUT2D eigenvalue weighted by molar-refractivity contribution is 5.94. The molecule has 3 aromatic rings. The second-order valence-corrected chi connectivity index (χ2v) is 10.3. The molecule has 4 fully saturated rings. The van der Waals surface area contributed by atoms with Gasteiger partial charge >= 0.3 is 6.09 Å². The second kappa shape index (κ2) is 8.18. The number of carbonyl (C=O) groups is 2. The first kappa shape index (κ1) is 21.8. The van der Waals surface area contributed by atoms with Crippen LogP contribution < -0.4 is 15.4 Å². The van der Waals surface area contributed by atoms with E-state index in [2.05, 4.69) is 20.6 Å². The van der Waals surface area contributed by atoms with E-state index in [4.69, 9.17) is 4.74 Å². The number of rotatable bonds is 5. The molecule has 7 rings (SSSR count). The van der Waals surface area contributed by atoms with Crippen LogP contribution in [0.25, 0.3) is 5.82 Å². The number of halogens is 1. The standard InChI is InChI=1S/C26H26FN5O3/c27-20-4-1-3-19(10-20)23(33)30-25-11-17-9-18(12-25)14-26(13-17,15-25)31-24(34)35-22-6-2-5-21(29-22)32-8-7-28-16-32/h1-8,10,16-18H,9,11-15H2,(H,30,33)(H,31,34). The summed E-state index contributed by atoms with van der Waals surface area (Å²) < 4.78 is 21.0. The first-order chi connectivity index (χ1) is 16.9. The Morgan fingerprint density at radius 1 is 1.03 bits per heavy atom. The molecule has 2 aromatic heterocycles. The van der Waals surface area contributed by atoms with E-state index in [1.54, 1.807) is 53.6 Å². The first-order valence-corrected chi connectivity index (χ1v) is 11.9. The summed E-state index contributed by atoms with van der Waals surface area (Å²) in [6, 6.07) is 11.0. The number of amides is 2. The number of aromatic nitrogens is 3. The Hall–Kier alpha value is -3.75. The molecule has 1 aromatic carbocycles. The van der Waals surface area contributed by atoms with Crippen molar-refractivity contribution in [2.45, 2.75) is 49.6 Å². The molecular formula is C26H26FN5O3. The van der Waals surface area contributed by atoms with E-state index < -0.39 is 23.0 Å². The molecule has 4 aliphatic rings. The number of hydrogen-bond donors (Lipinski definition) is 2. The number of ether oxygens (including phenoxy) is 1. The van der Waals surface area contributed by atoms with Gasteiger partial charge in [0.25, 0.3) is 5.91 Å². The zero-order valence-corrected chi connectivity index (χ0v) is 19.1. The maximum absolute atomic E-state index is 13.7. The van der Waals surface area contributed by atoms with E-state index >= 15 is 0 Å². The molecule has 0 spiro atoms. The summed E-state index contributed by atoms with van der Waals surface area (Å²) in [5.74, 6) is 0.910. The van der Waals surface area contributed by atoms with Gasteiger partial charge in [0.2, 0.25) is 5.88 Å². The van der Waals surface area contributed by atoms with E-state index in [0.717, 1.165) is 32.1 Å². The third kappa shape index (κ3) is 4.26. The summed E-state index contributed by atoms with van der Waals surface area (Å²) in [4.78, 5) is 34.3. The smallest absolute Gasteiger partial charge is 0.391 e. The van der Waals surface area contributed by atoms with Gasteiger partial charge in [-0.3, -0.25) is 9.36 Å². The maximum Gasteiger partial charge on any atom is 0.414 e. The van der Waals surface area contributed by atoms with Crippen molar-refractivity contribution in [1.82, 2.24) is 25.2 Å². The van der Waals surface area contributed by atoms with Gasteiger partial charge in [-0.1, -0.05) is 12.1 Å². The zero-order valence-electron chi connectivity index (χ0n) is 19.1. The molecule has 2 N–H and O–H groups in total. The van der Waals surface area contributed by atoms with E-state index in [-0.39, 0.29) is 11.8 Å². The largest absolute Gasteiger partial charge is 0.414 e. The van der Waals surface area contributed by atoms with Gasteiger partial charge in [-0.25, -0.2) is 14.2 Å². The molecule has 0 aliphatic heterocycles. The van der Waals surface area contributed by atoms with Crippen molar-refractivity contribution in [2.75, 3.05) is 0 Å². The van der Waals surface area contributed by atoms with Crippen LogP contribution in [-0.2, 0) is 0 Å². The lowest BCUT2D eigenvalue weighted by atomic mass is 9.50. The molecule has 35 heavy (non-hydrogen) atoms. The van der Waals surface area contributed by atoms with Crippen LogP contribution in [0.3, 0.4) is 0 Å². The fraction of sp³-hybridized carbons (Fsp3) is 0.385. The van der Waals surface area contributed by atoms with Crippen LogP contribution in [0.5, 0.6) is 5.88 Å². The number of nitrogens with zero attached hydrogens (tertiary/aromatic N) is 3. The van der Waals surface area contributed by atoms with Gasteiger partial charge in [0.15, 0.2) is 0 Å². The maximum atomic E-state index is 13.7. The van der Waals surface area contributed by atoms with E-state index in [0.29, 0.717) is 29.6 Å². The summed E-state index contributed by atoms with van der Waals surface area (Å²) in [7, 11) is 0. The lowest BCUT2D eigenvalue weighted by Crippen LogP contribution is -2.70. The number of pyridine rings is 1. The fourth-order valence-corrected chi connectivity index (χ4v) is 6.83. The lowest BCUT2D eigenvalue weighted by molar-refractivity contribution is -0.0449. The van der Waals surface area contributed by atoms with E-state index in [1.807, 2.05) is 0 Å². The summed E-state index contributed by atoms with van der Waals surface area (Å²) in [6.07, 6.45) is 9.69. The highest BCUT2D eigenvalue weighted by Crippen LogP contribution is 2.57. The number of hydrogen-bond acceptors (Lipinski definition) is 5. The van der Waals surface area contributed by atoms with Crippen LogP contribution in [0, 0.1) is 17.7 Å². The van der Waals surface area contributed by atoms with Crippen molar-refractivity contribution in [3.05, 3.63) is 72.6 Å². The molecule has 0 radical (unpaired) electrons. The third-order valence-corrected chi connectivity index (χ3v) is 7.57. The Bertz CT molecular complexity index is 1260. The van der Waals surface area contributed by atoms with Gasteiger partial charge < -0.3 is 15.4 Å². The summed E-state index contributed by atoms with van der Waals surface area (Å²) in [6.45, 7) is 0. The van der Waals surface area contributed by atoms with Crippen molar-refractivity contribution in [1.29, 1.82) is 0 Å². The molecule has 2 amide bonds. The monoisotopic (exact) mass is 475 g/mol. The molecule has 8 nitrogen and oxygen atoms in total. The van der Waals surface area contributed by atoms with Crippen molar-refractivity contribution in [2.24, 2.45) is 11.8 Å². The molecule has 9 heteroatoms. The van der Waals surface area contributed by atoms with Gasteiger partial charge in [0, 0.05) is 35.1 Å². The molecule has 2 atom stereocenters. The Morgan fingerprint density at radius 2 is 1.77 bits per heavy atom. The number of imidazole rings is 1. The van der Waals surface area contributed by atoms with Crippen molar-refractivity contribution in [3.63, 3.8) is 0 Å². The lowest BCUT2D eigenvalue weighted by Gasteiger charge is -2.62. The first-order valence-electron chi connectivity index (χ1n) is 11.9. The Kier molecular flexibility index (Phi) is 5.09. The van der Waals surface area contributed by atoms with Crippen LogP contribution in [0.2, 0.25) is 0 Å². The Labute approximate surface area is 201 Å². The quantitative estimate of drug-likeness (QED) is 0.581. The molecule has 4 saturated carbocycles. The van der Waals surface area contributed by atoms with Crippen molar-refractivity contribution >= 4 is 12.0 Å². The van der Waals surface area contributed by atoms with Crippen LogP contribution in [0.15, 0.2) is 61.2 Å². The number of nitrogens with one attached hydrogen (secondary N) is 2. The Balaban J connectivity index is 1.17. The summed E-state index contributed by atoms with van der Waals surface area (Å²) in [5, 5.41) is 6.36. The van der Waals surface area contributed by atoms with Crippen LogP contribution in [0.4, 0.5) is 9.18 Å². The predicted octanol–water partition coefficient (Wildman–Crippen LogP) is 4.02. The average molecular weight is 476 g/mol. The number of carbonyl (C=O) groups excluding carboxylic acids is 2. The topological polar surface area (TPSA) is 98.1 Å². The fourth-order valence-electron chi connectivity index (χ4n) is 6.83. The summed E-state index contributed by atoms with van der Waals surface area (Å²) in [5.41, 5.74) is -0.551. The minimum atomic E-state index is -0.547. The summed E-state index contributed by atoms with van der Waals surface area (Å²) >= 11 is 0. The molecule has 0 saturated heterocycles. The normalized spacial score (nSPS) is 28.5. The van der Waals surface area contributed by atoms with Gasteiger partial charge in [-0.2, -0.15) is 4.98 Å². The van der Waals surface area contributed by atoms with Crippen LogP contribution >= 0.6 is 0 Å². The molecule has 2 unspecified atom stereocenters. The van der Waals surface area contributed by atoms with Gasteiger partial charge in [0.05, 0.1) is 0 Å². The zero-order chi connectivity index (χ0) is 24.0. The van der Waals surface area contributed by atoms with Crippen LogP contribution in [-0.4, -0.2) is 37.6 Å². The average Bonchev–Trinajstić information content (AvgIpc) is 3.32. The highest BCUT2D eigenvalue weighted by Gasteiger charge is 2.59. The minimum Gasteiger partial charge on any atom is -0.391 e. The molecular weight excluding hydrogens is 449 g/mol. The van der Waals surface area contributed by atoms with Crippen molar-refractivity contribution in [3.8, 4) is 11.7 Å². The highest BCUT2D eigenvalue weighted by atomic mass is 19.1. The minimum absolute atomic E-state index is 0.201. The third-order valence-electron chi connectivity index (χ3n) is 7.57. The molecule has 180 valence electrons. The SMILES string of the molecule is O=C(NC12CC3CC(C1)CC(NC(=O)c1cccc(F)c1)(C3)C2)Oc1cccc(-n2ccnc2)n1. The van der Waals surface area contributed by atoms with Gasteiger partial charge in [-0.05, 0) is 74.6 Å². The molecule has 4 bridgehead atoms. The second-order valence-electron chi connectivity index (χ2n) is 10.3. The Morgan fingerprint density at radius 3 is 2.49 bits per heavy atom. The predicted molar refractivity (Wildman–Crippen MR) is 125 cm³/mol.